The molecule has 1 aliphatic rings. The van der Waals surface area contributed by atoms with E-state index in [1.807, 2.05) is 13.0 Å². The number of amides is 2. The van der Waals surface area contributed by atoms with Crippen molar-refractivity contribution in [2.45, 2.75) is 85.0 Å². The third kappa shape index (κ3) is 5.20. The molecule has 0 fully saturated rings. The number of phenols is 1. The fourth-order valence-electron chi connectivity index (χ4n) is 4.00. The van der Waals surface area contributed by atoms with Crippen LogP contribution in [0.15, 0.2) is 39.0 Å². The molecule has 1 heterocycles. The maximum atomic E-state index is 12.9. The van der Waals surface area contributed by atoms with Crippen LogP contribution in [-0.2, 0) is 10.8 Å². The lowest BCUT2D eigenvalue weighted by Gasteiger charge is -2.30. The molecule has 0 unspecified atom stereocenters. The molecule has 35 heavy (non-hydrogen) atoms. The van der Waals surface area contributed by atoms with Crippen molar-refractivity contribution in [3.63, 3.8) is 0 Å². The number of unbranched alkanes of at least 4 members (excludes halogenated alkanes) is 1. The predicted octanol–water partition coefficient (Wildman–Crippen LogP) is 8.34. The van der Waals surface area contributed by atoms with Crippen LogP contribution in [0.5, 0.6) is 5.75 Å². The summed E-state index contributed by atoms with van der Waals surface area (Å²) in [4.78, 5) is 26.9. The highest BCUT2D eigenvalue weighted by Gasteiger charge is 2.36. The molecule has 0 atom stereocenters. The highest BCUT2D eigenvalue weighted by atomic mass is 79.9. The van der Waals surface area contributed by atoms with E-state index in [2.05, 4.69) is 73.8 Å². The summed E-state index contributed by atoms with van der Waals surface area (Å²) in [6, 6.07) is 7.21. The first-order valence-corrected chi connectivity index (χ1v) is 13.2. The molecule has 1 N–H and O–H groups in total. The van der Waals surface area contributed by atoms with Gasteiger partial charge in [-0.3, -0.25) is 14.5 Å². The van der Waals surface area contributed by atoms with E-state index >= 15 is 0 Å². The Labute approximate surface area is 217 Å². The summed E-state index contributed by atoms with van der Waals surface area (Å²) in [6.07, 6.45) is 3.44. The van der Waals surface area contributed by atoms with Gasteiger partial charge in [0, 0.05) is 16.6 Å². The minimum absolute atomic E-state index is 0.0978. The van der Waals surface area contributed by atoms with Gasteiger partial charge in [0.25, 0.3) is 11.8 Å². The normalized spacial score (nSPS) is 14.3. The van der Waals surface area contributed by atoms with E-state index in [1.165, 1.54) is 4.90 Å². The van der Waals surface area contributed by atoms with Gasteiger partial charge in [-0.15, -0.1) is 10.2 Å². The standard InChI is InChI=1S/C28H36BrN3O3/c1-8-11-12-32-25(34)18-15-21(29)22(16-19(18)26(32)35)30-31-23-14-17(27(4,5)9-2)13-20(24(23)33)28(6,7)10-3/h13-16,33H,8-12H2,1-7H3/b31-30+. The number of imide groups is 1. The molecule has 1 aliphatic heterocycles. The number of azo groups is 1. The molecule has 0 aliphatic carbocycles. The number of nitrogens with zero attached hydrogens (tertiary/aromatic N) is 3. The number of fused-ring (bicyclic) bond motifs is 1. The highest BCUT2D eigenvalue weighted by molar-refractivity contribution is 9.10. The number of carbonyl (C=O) groups is 2. The second kappa shape index (κ2) is 10.2. The Morgan fingerprint density at radius 2 is 1.43 bits per heavy atom. The monoisotopic (exact) mass is 541 g/mol. The summed E-state index contributed by atoms with van der Waals surface area (Å²) in [6.45, 7) is 15.2. The van der Waals surface area contributed by atoms with Crippen molar-refractivity contribution in [3.05, 3.63) is 51.0 Å². The van der Waals surface area contributed by atoms with Gasteiger partial charge in [0.15, 0.2) is 0 Å². The second-order valence-corrected chi connectivity index (χ2v) is 11.4. The van der Waals surface area contributed by atoms with Crippen LogP contribution >= 0.6 is 15.9 Å². The molecule has 2 aromatic carbocycles. The number of hydrogen-bond donors (Lipinski definition) is 1. The average molecular weight is 543 g/mol. The minimum Gasteiger partial charge on any atom is -0.505 e. The van der Waals surface area contributed by atoms with Crippen molar-refractivity contribution in [2.75, 3.05) is 6.54 Å². The van der Waals surface area contributed by atoms with Gasteiger partial charge in [0.1, 0.15) is 17.1 Å². The number of benzene rings is 2. The summed E-state index contributed by atoms with van der Waals surface area (Å²) in [5.41, 5.74) is 3.12. The lowest BCUT2D eigenvalue weighted by atomic mass is 9.76. The third-order valence-electron chi connectivity index (χ3n) is 7.41. The molecule has 7 heteroatoms. The van der Waals surface area contributed by atoms with Crippen LogP contribution in [0, 0.1) is 0 Å². The fourth-order valence-corrected chi connectivity index (χ4v) is 4.42. The van der Waals surface area contributed by atoms with Crippen LogP contribution in [-0.4, -0.2) is 28.4 Å². The number of hydrogen-bond acceptors (Lipinski definition) is 5. The summed E-state index contributed by atoms with van der Waals surface area (Å²) in [5, 5.41) is 20.0. The topological polar surface area (TPSA) is 82.3 Å². The molecular formula is C28H36BrN3O3. The first-order valence-electron chi connectivity index (χ1n) is 12.4. The van der Waals surface area contributed by atoms with Gasteiger partial charge in [-0.1, -0.05) is 61.0 Å². The zero-order chi connectivity index (χ0) is 26.1. The van der Waals surface area contributed by atoms with Crippen LogP contribution in [0.3, 0.4) is 0 Å². The lowest BCUT2D eigenvalue weighted by Crippen LogP contribution is -2.30. The van der Waals surface area contributed by atoms with Crippen LogP contribution in [0.1, 0.15) is 106 Å². The first-order chi connectivity index (χ1) is 16.4. The molecule has 2 amide bonds. The van der Waals surface area contributed by atoms with Gasteiger partial charge >= 0.3 is 0 Å². The SMILES string of the molecule is CCCCN1C(=O)c2cc(Br)c(/N=N/c3cc(C(C)(C)CC)cc(C(C)(C)CC)c3O)cc2C1=O. The third-order valence-corrected chi connectivity index (χ3v) is 8.04. The van der Waals surface area contributed by atoms with Crippen molar-refractivity contribution in [3.8, 4) is 5.75 Å². The number of carbonyl (C=O) groups excluding carboxylic acids is 2. The molecule has 0 bridgehead atoms. The van der Waals surface area contributed by atoms with Crippen molar-refractivity contribution in [1.82, 2.24) is 4.90 Å². The lowest BCUT2D eigenvalue weighted by molar-refractivity contribution is 0.0652. The predicted molar refractivity (Wildman–Crippen MR) is 143 cm³/mol. The Morgan fingerprint density at radius 1 is 0.857 bits per heavy atom. The quantitative estimate of drug-likeness (QED) is 0.255. The first kappa shape index (κ1) is 27.1. The van der Waals surface area contributed by atoms with Gasteiger partial charge < -0.3 is 5.11 Å². The Balaban J connectivity index is 2.07. The van der Waals surface area contributed by atoms with Crippen molar-refractivity contribution >= 4 is 39.1 Å². The molecule has 188 valence electrons. The Kier molecular flexibility index (Phi) is 7.89. The van der Waals surface area contributed by atoms with E-state index in [4.69, 9.17) is 0 Å². The van der Waals surface area contributed by atoms with Crippen molar-refractivity contribution in [1.29, 1.82) is 0 Å². The minimum atomic E-state index is -0.302. The molecule has 0 radical (unpaired) electrons. The van der Waals surface area contributed by atoms with Crippen molar-refractivity contribution in [2.24, 2.45) is 10.2 Å². The summed E-state index contributed by atoms with van der Waals surface area (Å²) < 4.78 is 0.567. The van der Waals surface area contributed by atoms with E-state index in [0.717, 1.165) is 36.8 Å². The van der Waals surface area contributed by atoms with Crippen molar-refractivity contribution < 1.29 is 14.7 Å². The zero-order valence-corrected chi connectivity index (χ0v) is 23.4. The number of aromatic hydroxyl groups is 1. The second-order valence-electron chi connectivity index (χ2n) is 10.5. The average Bonchev–Trinajstić information content (AvgIpc) is 3.05. The van der Waals surface area contributed by atoms with Crippen LogP contribution in [0.2, 0.25) is 0 Å². The summed E-state index contributed by atoms with van der Waals surface area (Å²) in [5.74, 6) is -0.462. The van der Waals surface area contributed by atoms with E-state index in [0.29, 0.717) is 33.5 Å². The Bertz CT molecular complexity index is 1180. The summed E-state index contributed by atoms with van der Waals surface area (Å²) >= 11 is 3.48. The number of halogens is 1. The zero-order valence-electron chi connectivity index (χ0n) is 21.8. The molecule has 0 aromatic heterocycles. The largest absolute Gasteiger partial charge is 0.505 e. The number of rotatable bonds is 9. The maximum absolute atomic E-state index is 12.9. The molecule has 2 aromatic rings. The molecule has 0 spiro atoms. The molecule has 3 rings (SSSR count). The Hall–Kier alpha value is -2.54. The van der Waals surface area contributed by atoms with E-state index in [1.54, 1.807) is 12.1 Å². The van der Waals surface area contributed by atoms with E-state index < -0.39 is 0 Å². The van der Waals surface area contributed by atoms with Gasteiger partial charge in [-0.25, -0.2) is 0 Å². The fraction of sp³-hybridized carbons (Fsp3) is 0.500. The van der Waals surface area contributed by atoms with E-state index in [-0.39, 0.29) is 28.4 Å². The van der Waals surface area contributed by atoms with Crippen LogP contribution < -0.4 is 0 Å². The smallest absolute Gasteiger partial charge is 0.261 e. The van der Waals surface area contributed by atoms with Gasteiger partial charge in [0.2, 0.25) is 0 Å². The molecule has 0 saturated heterocycles. The molecular weight excluding hydrogens is 506 g/mol. The van der Waals surface area contributed by atoms with Crippen LogP contribution in [0.25, 0.3) is 0 Å². The molecule has 6 nitrogen and oxygen atoms in total. The Morgan fingerprint density at radius 3 is 2.00 bits per heavy atom. The highest BCUT2D eigenvalue weighted by Crippen LogP contribution is 2.44. The van der Waals surface area contributed by atoms with Gasteiger partial charge in [0.05, 0.1) is 11.1 Å². The van der Waals surface area contributed by atoms with Gasteiger partial charge in [-0.05, 0) is 69.8 Å². The summed E-state index contributed by atoms with van der Waals surface area (Å²) in [7, 11) is 0. The number of phenolic OH excluding ortho intramolecular Hbond substituents is 1. The van der Waals surface area contributed by atoms with E-state index in [9.17, 15) is 14.7 Å². The molecule has 0 saturated carbocycles. The maximum Gasteiger partial charge on any atom is 0.261 e. The van der Waals surface area contributed by atoms with Gasteiger partial charge in [-0.2, -0.15) is 0 Å². The van der Waals surface area contributed by atoms with Crippen LogP contribution in [0.4, 0.5) is 11.4 Å².